The van der Waals surface area contributed by atoms with Crippen LogP contribution in [-0.2, 0) is 0 Å². The fourth-order valence-corrected chi connectivity index (χ4v) is 1.38. The van der Waals surface area contributed by atoms with Gasteiger partial charge in [-0.1, -0.05) is 12.1 Å². The number of aromatic nitrogens is 2. The average Bonchev–Trinajstić information content (AvgIpc) is 2.17. The number of benzene rings is 1. The van der Waals surface area contributed by atoms with E-state index in [-0.39, 0.29) is 5.56 Å². The normalized spacial score (nSPS) is 10.2. The van der Waals surface area contributed by atoms with Gasteiger partial charge in [-0.3, -0.25) is 4.79 Å². The zero-order valence-corrected chi connectivity index (χ0v) is 8.34. The summed E-state index contributed by atoms with van der Waals surface area (Å²) in [5.41, 5.74) is 7.45. The molecule has 0 amide bonds. The van der Waals surface area contributed by atoms with Crippen LogP contribution < -0.4 is 11.3 Å². The fraction of sp³-hybridized carbons (Fsp3) is 0.0909. The third kappa shape index (κ3) is 1.88. The number of anilines is 1. The smallest absolute Gasteiger partial charge is 0.273 e. The van der Waals surface area contributed by atoms with E-state index in [1.54, 1.807) is 0 Å². The van der Waals surface area contributed by atoms with Gasteiger partial charge in [0.05, 0.1) is 17.6 Å². The van der Waals surface area contributed by atoms with Crippen molar-refractivity contribution in [3.05, 3.63) is 52.4 Å². The molecule has 1 aromatic carbocycles. The van der Waals surface area contributed by atoms with Crippen LogP contribution >= 0.6 is 0 Å². The van der Waals surface area contributed by atoms with Crippen molar-refractivity contribution in [3.8, 4) is 5.69 Å². The van der Waals surface area contributed by atoms with Gasteiger partial charge in [0, 0.05) is 6.07 Å². The van der Waals surface area contributed by atoms with Crippen LogP contribution in [0.15, 0.2) is 41.3 Å². The van der Waals surface area contributed by atoms with E-state index in [1.165, 1.54) is 16.9 Å². The molecule has 2 rings (SSSR count). The molecule has 0 aliphatic rings. The van der Waals surface area contributed by atoms with E-state index in [0.717, 1.165) is 11.3 Å². The molecule has 0 spiro atoms. The van der Waals surface area contributed by atoms with Crippen LogP contribution in [0.3, 0.4) is 0 Å². The highest BCUT2D eigenvalue weighted by Crippen LogP contribution is 2.06. The molecule has 0 fully saturated rings. The van der Waals surface area contributed by atoms with Crippen molar-refractivity contribution in [1.29, 1.82) is 0 Å². The minimum atomic E-state index is -0.222. The molecule has 2 aromatic rings. The quantitative estimate of drug-likeness (QED) is 0.752. The summed E-state index contributed by atoms with van der Waals surface area (Å²) in [4.78, 5) is 11.6. The molecule has 0 unspecified atom stereocenters. The summed E-state index contributed by atoms with van der Waals surface area (Å²) in [6.07, 6.45) is 1.46. The van der Waals surface area contributed by atoms with Gasteiger partial charge in [0.15, 0.2) is 0 Å². The first-order chi connectivity index (χ1) is 7.16. The summed E-state index contributed by atoms with van der Waals surface area (Å²) < 4.78 is 1.32. The molecule has 2 N–H and O–H groups in total. The van der Waals surface area contributed by atoms with Crippen LogP contribution in [0.25, 0.3) is 5.69 Å². The Kier molecular flexibility index (Phi) is 2.25. The third-order valence-electron chi connectivity index (χ3n) is 2.07. The van der Waals surface area contributed by atoms with Gasteiger partial charge in [0.25, 0.3) is 5.56 Å². The molecule has 0 bridgehead atoms. The Bertz CT molecular complexity index is 546. The standard InChI is InChI=1S/C11H11N3O/c1-8-3-2-4-10(5-8)14-11(15)6-9(12)7-13-14/h2-7H,12H2,1H3. The third-order valence-corrected chi connectivity index (χ3v) is 2.07. The van der Waals surface area contributed by atoms with Gasteiger partial charge in [0.2, 0.25) is 0 Å². The van der Waals surface area contributed by atoms with Crippen molar-refractivity contribution in [2.75, 3.05) is 5.73 Å². The van der Waals surface area contributed by atoms with Crippen LogP contribution in [0.1, 0.15) is 5.56 Å². The molecular formula is C11H11N3O. The minimum Gasteiger partial charge on any atom is -0.397 e. The number of rotatable bonds is 1. The predicted octanol–water partition coefficient (Wildman–Crippen LogP) is 1.12. The monoisotopic (exact) mass is 201 g/mol. The van der Waals surface area contributed by atoms with E-state index < -0.39 is 0 Å². The lowest BCUT2D eigenvalue weighted by molar-refractivity contribution is 0.808. The van der Waals surface area contributed by atoms with Crippen molar-refractivity contribution >= 4 is 5.69 Å². The summed E-state index contributed by atoms with van der Waals surface area (Å²) in [5, 5.41) is 3.97. The molecular weight excluding hydrogens is 190 g/mol. The molecule has 15 heavy (non-hydrogen) atoms. The first-order valence-corrected chi connectivity index (χ1v) is 4.59. The van der Waals surface area contributed by atoms with E-state index in [0.29, 0.717) is 5.69 Å². The Balaban J connectivity index is 2.59. The zero-order chi connectivity index (χ0) is 10.8. The number of nitrogens with two attached hydrogens (primary N) is 1. The minimum absolute atomic E-state index is 0.222. The maximum Gasteiger partial charge on any atom is 0.273 e. The van der Waals surface area contributed by atoms with Gasteiger partial charge < -0.3 is 5.73 Å². The Morgan fingerprint density at radius 3 is 2.80 bits per heavy atom. The summed E-state index contributed by atoms with van der Waals surface area (Å²) in [7, 11) is 0. The molecule has 4 heteroatoms. The first-order valence-electron chi connectivity index (χ1n) is 4.59. The molecule has 0 saturated carbocycles. The van der Waals surface area contributed by atoms with Crippen LogP contribution in [0.2, 0.25) is 0 Å². The van der Waals surface area contributed by atoms with Crippen LogP contribution in [0, 0.1) is 6.92 Å². The van der Waals surface area contributed by atoms with Gasteiger partial charge in [-0.05, 0) is 24.6 Å². The van der Waals surface area contributed by atoms with Crippen molar-refractivity contribution in [1.82, 2.24) is 9.78 Å². The summed E-state index contributed by atoms with van der Waals surface area (Å²) in [5.74, 6) is 0. The Hall–Kier alpha value is -2.10. The maximum atomic E-state index is 11.6. The molecule has 0 saturated heterocycles. The molecule has 4 nitrogen and oxygen atoms in total. The number of hydrogen-bond donors (Lipinski definition) is 1. The lowest BCUT2D eigenvalue weighted by Crippen LogP contribution is -2.20. The lowest BCUT2D eigenvalue weighted by atomic mass is 10.2. The largest absolute Gasteiger partial charge is 0.397 e. The first kappa shape index (κ1) is 9.45. The second-order valence-electron chi connectivity index (χ2n) is 3.38. The van der Waals surface area contributed by atoms with Crippen LogP contribution in [0.5, 0.6) is 0 Å². The van der Waals surface area contributed by atoms with Gasteiger partial charge in [-0.25, -0.2) is 0 Å². The zero-order valence-electron chi connectivity index (χ0n) is 8.34. The molecule has 0 aliphatic heterocycles. The average molecular weight is 201 g/mol. The Morgan fingerprint density at radius 1 is 1.33 bits per heavy atom. The predicted molar refractivity (Wildman–Crippen MR) is 59.0 cm³/mol. The Labute approximate surface area is 87.0 Å². The highest BCUT2D eigenvalue weighted by Gasteiger charge is 2.00. The highest BCUT2D eigenvalue weighted by molar-refractivity contribution is 5.37. The summed E-state index contributed by atoms with van der Waals surface area (Å²) >= 11 is 0. The van der Waals surface area contributed by atoms with Crippen molar-refractivity contribution in [3.63, 3.8) is 0 Å². The lowest BCUT2D eigenvalue weighted by Gasteiger charge is -2.04. The van der Waals surface area contributed by atoms with E-state index in [2.05, 4.69) is 5.10 Å². The second kappa shape index (κ2) is 3.57. The van der Waals surface area contributed by atoms with Gasteiger partial charge in [-0.2, -0.15) is 9.78 Å². The van der Waals surface area contributed by atoms with E-state index in [1.807, 2.05) is 31.2 Å². The van der Waals surface area contributed by atoms with Gasteiger partial charge >= 0.3 is 0 Å². The van der Waals surface area contributed by atoms with Crippen molar-refractivity contribution in [2.45, 2.75) is 6.92 Å². The number of aryl methyl sites for hydroxylation is 1. The van der Waals surface area contributed by atoms with Crippen LogP contribution in [-0.4, -0.2) is 9.78 Å². The molecule has 1 heterocycles. The number of nitrogens with zero attached hydrogens (tertiary/aromatic N) is 2. The van der Waals surface area contributed by atoms with Crippen LogP contribution in [0.4, 0.5) is 5.69 Å². The molecule has 1 aromatic heterocycles. The Morgan fingerprint density at radius 2 is 2.13 bits per heavy atom. The highest BCUT2D eigenvalue weighted by atomic mass is 16.1. The van der Waals surface area contributed by atoms with Crippen molar-refractivity contribution < 1.29 is 0 Å². The summed E-state index contributed by atoms with van der Waals surface area (Å²) in [6.45, 7) is 1.96. The molecule has 0 aliphatic carbocycles. The number of nitrogen functional groups attached to an aromatic ring is 1. The number of hydrogen-bond acceptors (Lipinski definition) is 3. The molecule has 0 atom stereocenters. The molecule has 0 radical (unpaired) electrons. The van der Waals surface area contributed by atoms with Crippen molar-refractivity contribution in [2.24, 2.45) is 0 Å². The topological polar surface area (TPSA) is 60.9 Å². The van der Waals surface area contributed by atoms with E-state index in [4.69, 9.17) is 5.73 Å². The summed E-state index contributed by atoms with van der Waals surface area (Å²) in [6, 6.07) is 8.93. The molecule has 76 valence electrons. The van der Waals surface area contributed by atoms with Gasteiger partial charge in [-0.15, -0.1) is 0 Å². The van der Waals surface area contributed by atoms with Gasteiger partial charge in [0.1, 0.15) is 0 Å². The van der Waals surface area contributed by atoms with E-state index >= 15 is 0 Å². The fourth-order valence-electron chi connectivity index (χ4n) is 1.38. The van der Waals surface area contributed by atoms with E-state index in [9.17, 15) is 4.79 Å². The maximum absolute atomic E-state index is 11.6. The SMILES string of the molecule is Cc1cccc(-n2ncc(N)cc2=O)c1. The second-order valence-corrected chi connectivity index (χ2v) is 3.38.